The maximum Gasteiger partial charge on any atom is 0.307 e. The highest BCUT2D eigenvalue weighted by atomic mass is 19.1. The zero-order valence-electron chi connectivity index (χ0n) is 10.4. The molecular formula is C15H11FN2O2. The summed E-state index contributed by atoms with van der Waals surface area (Å²) in [5, 5.41) is 20.2. The van der Waals surface area contributed by atoms with Crippen LogP contribution in [0.25, 0.3) is 0 Å². The Balaban J connectivity index is 2.16. The highest BCUT2D eigenvalue weighted by molar-refractivity contribution is 5.71. The van der Waals surface area contributed by atoms with Crippen LogP contribution >= 0.6 is 0 Å². The van der Waals surface area contributed by atoms with Gasteiger partial charge >= 0.3 is 5.97 Å². The number of nitrogens with zero attached hydrogens (tertiary/aromatic N) is 1. The van der Waals surface area contributed by atoms with Gasteiger partial charge in [-0.3, -0.25) is 4.79 Å². The van der Waals surface area contributed by atoms with E-state index in [0.717, 1.165) is 0 Å². The summed E-state index contributed by atoms with van der Waals surface area (Å²) in [6.45, 7) is 0. The number of rotatable bonds is 4. The predicted octanol–water partition coefficient (Wildman–Crippen LogP) is 3.07. The highest BCUT2D eigenvalue weighted by Gasteiger charge is 2.06. The number of carboxylic acids is 1. The molecule has 2 aromatic rings. The second-order valence-corrected chi connectivity index (χ2v) is 4.20. The fourth-order valence-electron chi connectivity index (χ4n) is 1.73. The fraction of sp³-hybridized carbons (Fsp3) is 0.0667. The molecule has 0 spiro atoms. The molecule has 0 aliphatic heterocycles. The number of halogens is 1. The molecule has 0 unspecified atom stereocenters. The summed E-state index contributed by atoms with van der Waals surface area (Å²) in [5.74, 6) is -1.52. The van der Waals surface area contributed by atoms with Crippen molar-refractivity contribution in [2.75, 3.05) is 5.32 Å². The molecular weight excluding hydrogens is 259 g/mol. The molecule has 0 atom stereocenters. The summed E-state index contributed by atoms with van der Waals surface area (Å²) >= 11 is 0. The Morgan fingerprint density at radius 3 is 2.50 bits per heavy atom. The molecule has 0 aromatic heterocycles. The highest BCUT2D eigenvalue weighted by Crippen LogP contribution is 2.21. The molecule has 0 heterocycles. The van der Waals surface area contributed by atoms with E-state index < -0.39 is 11.8 Å². The van der Waals surface area contributed by atoms with E-state index in [9.17, 15) is 9.18 Å². The molecule has 0 radical (unpaired) electrons. The molecule has 0 aliphatic rings. The molecule has 5 heteroatoms. The van der Waals surface area contributed by atoms with Crippen molar-refractivity contribution >= 4 is 17.3 Å². The van der Waals surface area contributed by atoms with Crippen molar-refractivity contribution in [3.8, 4) is 6.07 Å². The van der Waals surface area contributed by atoms with Gasteiger partial charge in [0.25, 0.3) is 0 Å². The monoisotopic (exact) mass is 270 g/mol. The zero-order valence-corrected chi connectivity index (χ0v) is 10.4. The molecule has 20 heavy (non-hydrogen) atoms. The van der Waals surface area contributed by atoms with Gasteiger partial charge in [0, 0.05) is 5.69 Å². The van der Waals surface area contributed by atoms with Gasteiger partial charge in [0.15, 0.2) is 0 Å². The third-order valence-electron chi connectivity index (χ3n) is 2.68. The minimum atomic E-state index is -1.00. The van der Waals surface area contributed by atoms with Crippen LogP contribution in [-0.4, -0.2) is 11.1 Å². The van der Waals surface area contributed by atoms with Gasteiger partial charge in [-0.2, -0.15) is 5.26 Å². The van der Waals surface area contributed by atoms with E-state index in [1.807, 2.05) is 6.07 Å². The zero-order chi connectivity index (χ0) is 14.5. The van der Waals surface area contributed by atoms with Crippen LogP contribution in [0.3, 0.4) is 0 Å². The third kappa shape index (κ3) is 3.33. The number of anilines is 2. The predicted molar refractivity (Wildman–Crippen MR) is 72.2 cm³/mol. The first kappa shape index (κ1) is 13.6. The number of nitrogens with one attached hydrogen (secondary N) is 1. The van der Waals surface area contributed by atoms with Crippen LogP contribution in [0, 0.1) is 17.1 Å². The number of aliphatic carboxylic acids is 1. The van der Waals surface area contributed by atoms with Gasteiger partial charge in [0.05, 0.1) is 23.7 Å². The molecule has 2 rings (SSSR count). The summed E-state index contributed by atoms with van der Waals surface area (Å²) in [4.78, 5) is 10.6. The van der Waals surface area contributed by atoms with Crippen LogP contribution in [0.2, 0.25) is 0 Å². The number of benzene rings is 2. The van der Waals surface area contributed by atoms with E-state index in [4.69, 9.17) is 10.4 Å². The molecule has 0 saturated carbocycles. The quantitative estimate of drug-likeness (QED) is 0.895. The van der Waals surface area contributed by atoms with Crippen molar-refractivity contribution in [2.45, 2.75) is 6.42 Å². The Labute approximate surface area is 115 Å². The molecule has 100 valence electrons. The van der Waals surface area contributed by atoms with Crippen LogP contribution in [-0.2, 0) is 11.2 Å². The first-order valence-corrected chi connectivity index (χ1v) is 5.86. The summed E-state index contributed by atoms with van der Waals surface area (Å²) in [6, 6.07) is 12.8. The fourth-order valence-corrected chi connectivity index (χ4v) is 1.73. The van der Waals surface area contributed by atoms with Crippen molar-refractivity contribution in [1.82, 2.24) is 0 Å². The van der Waals surface area contributed by atoms with Gasteiger partial charge in [0.1, 0.15) is 5.82 Å². The minimum absolute atomic E-state index is 0.214. The first-order chi connectivity index (χ1) is 9.58. The lowest BCUT2D eigenvalue weighted by molar-refractivity contribution is -0.136. The molecule has 0 fully saturated rings. The Morgan fingerprint density at radius 2 is 1.95 bits per heavy atom. The number of nitriles is 1. The maximum atomic E-state index is 13.8. The minimum Gasteiger partial charge on any atom is -0.481 e. The van der Waals surface area contributed by atoms with Gasteiger partial charge in [-0.1, -0.05) is 6.07 Å². The van der Waals surface area contributed by atoms with Crippen molar-refractivity contribution < 1.29 is 14.3 Å². The topological polar surface area (TPSA) is 73.1 Å². The summed E-state index contributed by atoms with van der Waals surface area (Å²) < 4.78 is 13.8. The lowest BCUT2D eigenvalue weighted by atomic mass is 10.1. The molecule has 2 aromatic carbocycles. The molecule has 0 amide bonds. The van der Waals surface area contributed by atoms with Crippen molar-refractivity contribution in [1.29, 1.82) is 5.26 Å². The van der Waals surface area contributed by atoms with Gasteiger partial charge in [-0.05, 0) is 42.0 Å². The van der Waals surface area contributed by atoms with Crippen molar-refractivity contribution in [3.05, 3.63) is 59.4 Å². The maximum absolute atomic E-state index is 13.8. The number of hydrogen-bond donors (Lipinski definition) is 2. The largest absolute Gasteiger partial charge is 0.481 e. The van der Waals surface area contributed by atoms with E-state index in [2.05, 4.69) is 5.32 Å². The third-order valence-corrected chi connectivity index (χ3v) is 2.68. The van der Waals surface area contributed by atoms with E-state index in [-0.39, 0.29) is 12.1 Å². The normalized spacial score (nSPS) is 9.80. The standard InChI is InChI=1S/C15H11FN2O2/c16-13-7-11(8-15(19)20)3-6-14(13)18-12-4-1-10(9-17)2-5-12/h1-7,18H,8H2,(H,19,20). The van der Waals surface area contributed by atoms with Gasteiger partial charge < -0.3 is 10.4 Å². The van der Waals surface area contributed by atoms with Crippen LogP contribution < -0.4 is 5.32 Å². The molecule has 0 bridgehead atoms. The van der Waals surface area contributed by atoms with Gasteiger partial charge in [-0.15, -0.1) is 0 Å². The average Bonchev–Trinajstić information content (AvgIpc) is 2.42. The van der Waals surface area contributed by atoms with Crippen LogP contribution in [0.4, 0.5) is 15.8 Å². The SMILES string of the molecule is N#Cc1ccc(Nc2ccc(CC(=O)O)cc2F)cc1. The summed E-state index contributed by atoms with van der Waals surface area (Å²) in [6.07, 6.45) is -0.214. The van der Waals surface area contributed by atoms with E-state index in [0.29, 0.717) is 16.8 Å². The lowest BCUT2D eigenvalue weighted by Gasteiger charge is -2.08. The van der Waals surface area contributed by atoms with Crippen molar-refractivity contribution in [2.24, 2.45) is 0 Å². The summed E-state index contributed by atoms with van der Waals surface area (Å²) in [7, 11) is 0. The number of carbonyl (C=O) groups is 1. The van der Waals surface area contributed by atoms with Gasteiger partial charge in [-0.25, -0.2) is 4.39 Å². The number of carboxylic acid groups (broad SMARTS) is 1. The van der Waals surface area contributed by atoms with Crippen LogP contribution in [0.5, 0.6) is 0 Å². The Hall–Kier alpha value is -2.87. The van der Waals surface area contributed by atoms with E-state index >= 15 is 0 Å². The molecule has 2 N–H and O–H groups in total. The lowest BCUT2D eigenvalue weighted by Crippen LogP contribution is -2.01. The van der Waals surface area contributed by atoms with Crippen molar-refractivity contribution in [3.63, 3.8) is 0 Å². The average molecular weight is 270 g/mol. The van der Waals surface area contributed by atoms with Crippen LogP contribution in [0.1, 0.15) is 11.1 Å². The van der Waals surface area contributed by atoms with Crippen LogP contribution in [0.15, 0.2) is 42.5 Å². The Morgan fingerprint density at radius 1 is 1.25 bits per heavy atom. The molecule has 0 saturated heterocycles. The Kier molecular flexibility index (Phi) is 3.96. The van der Waals surface area contributed by atoms with Gasteiger partial charge in [0.2, 0.25) is 0 Å². The molecule has 0 aliphatic carbocycles. The second kappa shape index (κ2) is 5.85. The second-order valence-electron chi connectivity index (χ2n) is 4.20. The molecule has 4 nitrogen and oxygen atoms in total. The van der Waals surface area contributed by atoms with E-state index in [1.165, 1.54) is 12.1 Å². The first-order valence-electron chi connectivity index (χ1n) is 5.86. The van der Waals surface area contributed by atoms with E-state index in [1.54, 1.807) is 30.3 Å². The smallest absolute Gasteiger partial charge is 0.307 e. The summed E-state index contributed by atoms with van der Waals surface area (Å²) in [5.41, 5.74) is 1.82. The number of hydrogen-bond acceptors (Lipinski definition) is 3. The Bertz CT molecular complexity index is 675.